The van der Waals surface area contributed by atoms with E-state index in [0.717, 1.165) is 12.8 Å². The largest absolute Gasteiger partial charge is 0.184 e. The van der Waals surface area contributed by atoms with Crippen LogP contribution < -0.4 is 0 Å². The maximum Gasteiger partial charge on any atom is -0.171 e. The van der Waals surface area contributed by atoms with E-state index in [2.05, 4.69) is 91.1 Å². The number of halogens is 2. The molecule has 0 unspecified atom stereocenters. The van der Waals surface area contributed by atoms with Crippen LogP contribution in [0.3, 0.4) is 0 Å². The van der Waals surface area contributed by atoms with Gasteiger partial charge in [0.05, 0.1) is 0 Å². The molecular formula is C29H30Cl2GeZr-4. The SMILES string of the molecule is Cl.Cl.[C-]1=CC(c2ccccc2)=CC1.[C-]1=CC(c2ccccc2)=CC1.[CH3-].[GeH2]=[Zr].[c-]1ccccc1. The van der Waals surface area contributed by atoms with Crippen LogP contribution in [0.5, 0.6) is 0 Å². The summed E-state index contributed by atoms with van der Waals surface area (Å²) in [5.74, 6) is 0. The predicted octanol–water partition coefficient (Wildman–Crippen LogP) is 7.53. The zero-order chi connectivity index (χ0) is 21.3. The minimum Gasteiger partial charge on any atom is -0.184 e. The molecule has 3 aromatic rings. The van der Waals surface area contributed by atoms with Gasteiger partial charge in [-0.05, 0) is 0 Å². The van der Waals surface area contributed by atoms with Gasteiger partial charge in [0, 0.05) is 0 Å². The summed E-state index contributed by atoms with van der Waals surface area (Å²) in [6, 6.07) is 33.3. The maximum absolute atomic E-state index is 3.15. The molecule has 0 fully saturated rings. The van der Waals surface area contributed by atoms with Crippen LogP contribution in [0.25, 0.3) is 11.1 Å². The Bertz CT molecular complexity index is 874. The zero-order valence-electron chi connectivity index (χ0n) is 18.9. The average Bonchev–Trinajstić information content (AvgIpc) is 3.59. The van der Waals surface area contributed by atoms with Crippen molar-refractivity contribution in [1.82, 2.24) is 0 Å². The molecule has 0 aromatic heterocycles. The molecule has 0 aliphatic heterocycles. The molecule has 0 amide bonds. The average molecular weight is 613 g/mol. The molecule has 4 heteroatoms. The van der Waals surface area contributed by atoms with Gasteiger partial charge >= 0.3 is 33.7 Å². The molecule has 172 valence electrons. The summed E-state index contributed by atoms with van der Waals surface area (Å²) in [5, 5.41) is 0. The van der Waals surface area contributed by atoms with Gasteiger partial charge < -0.3 is 7.43 Å². The Balaban J connectivity index is 0. The molecule has 0 nitrogen and oxygen atoms in total. The minimum atomic E-state index is 0. The molecule has 0 atom stereocenters. The predicted molar refractivity (Wildman–Crippen MR) is 148 cm³/mol. The Morgan fingerprint density at radius 1 is 0.576 bits per heavy atom. The molecule has 0 bridgehead atoms. The second-order valence-corrected chi connectivity index (χ2v) is 6.23. The van der Waals surface area contributed by atoms with E-state index in [1.807, 2.05) is 42.5 Å². The first-order valence-electron chi connectivity index (χ1n) is 9.84. The molecule has 0 radical (unpaired) electrons. The summed E-state index contributed by atoms with van der Waals surface area (Å²) in [7, 11) is 0. The first-order valence-corrected chi connectivity index (χ1v) is 20.4. The van der Waals surface area contributed by atoms with E-state index in [1.54, 1.807) is 21.6 Å². The Labute approximate surface area is 232 Å². The number of rotatable bonds is 2. The van der Waals surface area contributed by atoms with E-state index in [0.29, 0.717) is 0 Å². The molecule has 0 saturated carbocycles. The first kappa shape index (κ1) is 33.8. The van der Waals surface area contributed by atoms with Crippen molar-refractivity contribution < 1.29 is 21.6 Å². The monoisotopic (exact) mass is 612 g/mol. The van der Waals surface area contributed by atoms with Gasteiger partial charge in [-0.2, -0.15) is 59.7 Å². The first-order chi connectivity index (χ1) is 14.9. The van der Waals surface area contributed by atoms with Crippen LogP contribution in [0.4, 0.5) is 0 Å². The third-order valence-electron chi connectivity index (χ3n) is 4.22. The van der Waals surface area contributed by atoms with Gasteiger partial charge in [-0.25, -0.2) is 12.2 Å². The van der Waals surface area contributed by atoms with Gasteiger partial charge in [0.1, 0.15) is 0 Å². The van der Waals surface area contributed by atoms with Gasteiger partial charge in [0.15, 0.2) is 0 Å². The van der Waals surface area contributed by atoms with Gasteiger partial charge in [0.2, 0.25) is 0 Å². The van der Waals surface area contributed by atoms with Gasteiger partial charge in [0.25, 0.3) is 0 Å². The van der Waals surface area contributed by atoms with E-state index in [4.69, 9.17) is 0 Å². The van der Waals surface area contributed by atoms with Crippen LogP contribution in [0.15, 0.2) is 115 Å². The summed E-state index contributed by atoms with van der Waals surface area (Å²) in [5.41, 5.74) is 5.17. The molecule has 5 rings (SSSR count). The normalized spacial score (nSPS) is 11.6. The van der Waals surface area contributed by atoms with Crippen molar-refractivity contribution in [2.24, 2.45) is 0 Å². The molecule has 3 aromatic carbocycles. The van der Waals surface area contributed by atoms with Crippen molar-refractivity contribution in [2.45, 2.75) is 12.8 Å². The van der Waals surface area contributed by atoms with Crippen molar-refractivity contribution in [3.63, 3.8) is 0 Å². The fraction of sp³-hybridized carbons (Fsp3) is 0.0690. The van der Waals surface area contributed by atoms with E-state index >= 15 is 0 Å². The molecule has 2 aliphatic rings. The third kappa shape index (κ3) is 13.8. The van der Waals surface area contributed by atoms with Crippen LogP contribution in [-0.4, -0.2) is 12.1 Å². The van der Waals surface area contributed by atoms with Crippen LogP contribution in [-0.2, 0) is 21.6 Å². The fourth-order valence-electron chi connectivity index (χ4n) is 2.80. The summed E-state index contributed by atoms with van der Waals surface area (Å²) < 4.78 is 0. The van der Waals surface area contributed by atoms with E-state index < -0.39 is 0 Å². The molecule has 0 heterocycles. The maximum atomic E-state index is 3.15. The molecule has 33 heavy (non-hydrogen) atoms. The van der Waals surface area contributed by atoms with Gasteiger partial charge in [-0.15, -0.1) is 48.8 Å². The molecule has 0 N–H and O–H groups in total. The van der Waals surface area contributed by atoms with Crippen molar-refractivity contribution in [2.75, 3.05) is 0 Å². The van der Waals surface area contributed by atoms with Crippen molar-refractivity contribution >= 4 is 48.1 Å². The Morgan fingerprint density at radius 3 is 1.18 bits per heavy atom. The second-order valence-electron chi connectivity index (χ2n) is 6.23. The number of hydrogen-bond acceptors (Lipinski definition) is 0. The van der Waals surface area contributed by atoms with E-state index in [9.17, 15) is 0 Å². The van der Waals surface area contributed by atoms with Gasteiger partial charge in [-0.3, -0.25) is 12.2 Å². The Hall–Kier alpha value is -1.37. The van der Waals surface area contributed by atoms with Crippen molar-refractivity contribution in [3.05, 3.63) is 152 Å². The quantitative estimate of drug-likeness (QED) is 0.207. The van der Waals surface area contributed by atoms with E-state index in [-0.39, 0.29) is 32.2 Å². The molecule has 0 spiro atoms. The zero-order valence-corrected chi connectivity index (χ0v) is 26.0. The van der Waals surface area contributed by atoms with Crippen LogP contribution in [0.1, 0.15) is 24.0 Å². The molecule has 2 aliphatic carbocycles. The van der Waals surface area contributed by atoms with Crippen LogP contribution >= 0.6 is 24.8 Å². The summed E-state index contributed by atoms with van der Waals surface area (Å²) >= 11 is 3.14. The Morgan fingerprint density at radius 2 is 0.939 bits per heavy atom. The Kier molecular flexibility index (Phi) is 23.0. The summed E-state index contributed by atoms with van der Waals surface area (Å²) in [6.45, 7) is 0. The molecular weight excluding hydrogens is 583 g/mol. The molecule has 0 saturated heterocycles. The third-order valence-corrected chi connectivity index (χ3v) is 4.22. The smallest absolute Gasteiger partial charge is 0.171 e. The van der Waals surface area contributed by atoms with Crippen molar-refractivity contribution in [3.8, 4) is 0 Å². The minimum absolute atomic E-state index is 0. The topological polar surface area (TPSA) is 0 Å². The fourth-order valence-corrected chi connectivity index (χ4v) is 2.80. The van der Waals surface area contributed by atoms with Crippen LogP contribution in [0.2, 0.25) is 0 Å². The van der Waals surface area contributed by atoms with E-state index in [1.165, 1.54) is 34.4 Å². The number of allylic oxidation sites excluding steroid dienone is 8. The summed E-state index contributed by atoms with van der Waals surface area (Å²) in [4.78, 5) is 0. The van der Waals surface area contributed by atoms with Gasteiger partial charge in [-0.1, -0.05) is 60.7 Å². The second kappa shape index (κ2) is 22.4. The standard InChI is InChI=1S/2C11H9.C6H5.CH3.2ClH.GeH2.Zr/c2*1-2-6-10(7-3-1)11-8-4-5-9-11;1-2-4-6-5-3-1;;;;;/h2*1-3,6-9H,4H2;1-5H;1H3;2*1H;1H2;/q4*-1;;;;. The van der Waals surface area contributed by atoms with Crippen LogP contribution in [0, 0.1) is 25.6 Å². The number of hydrogen-bond donors (Lipinski definition) is 0. The summed E-state index contributed by atoms with van der Waals surface area (Å²) in [6.07, 6.45) is 16.7. The van der Waals surface area contributed by atoms with Crippen molar-refractivity contribution in [1.29, 1.82) is 0 Å². The number of benzene rings is 3.